The molecule has 0 unspecified atom stereocenters. The highest BCUT2D eigenvalue weighted by molar-refractivity contribution is 6.06. The van der Waals surface area contributed by atoms with Gasteiger partial charge >= 0.3 is 5.97 Å². The van der Waals surface area contributed by atoms with Gasteiger partial charge in [-0.1, -0.05) is 0 Å². The molecule has 1 aliphatic rings. The zero-order valence-electron chi connectivity index (χ0n) is 8.92. The van der Waals surface area contributed by atoms with Gasteiger partial charge in [0.1, 0.15) is 6.04 Å². The highest BCUT2D eigenvalue weighted by Crippen LogP contribution is 2.14. The van der Waals surface area contributed by atoms with Crippen molar-refractivity contribution in [1.29, 1.82) is 0 Å². The van der Waals surface area contributed by atoms with E-state index in [4.69, 9.17) is 5.11 Å². The van der Waals surface area contributed by atoms with Gasteiger partial charge in [0.25, 0.3) is 0 Å². The maximum atomic E-state index is 11.5. The van der Waals surface area contributed by atoms with Gasteiger partial charge in [-0.25, -0.2) is 9.78 Å². The number of carboxylic acids is 1. The number of aromatic amines is 1. The van der Waals surface area contributed by atoms with Crippen molar-refractivity contribution >= 4 is 17.7 Å². The van der Waals surface area contributed by atoms with Crippen LogP contribution >= 0.6 is 0 Å². The molecule has 1 aromatic heterocycles. The van der Waals surface area contributed by atoms with E-state index in [0.717, 1.165) is 4.90 Å². The van der Waals surface area contributed by atoms with Crippen LogP contribution in [0.15, 0.2) is 12.5 Å². The Morgan fingerprint density at radius 3 is 2.82 bits per heavy atom. The average Bonchev–Trinajstić information content (AvgIpc) is 2.84. The van der Waals surface area contributed by atoms with Crippen LogP contribution in [0.5, 0.6) is 0 Å². The number of carbonyl (C=O) groups excluding carboxylic acids is 2. The summed E-state index contributed by atoms with van der Waals surface area (Å²) in [5.41, 5.74) is 0.615. The molecule has 1 aliphatic heterocycles. The Morgan fingerprint density at radius 1 is 1.59 bits per heavy atom. The number of rotatable bonds is 4. The summed E-state index contributed by atoms with van der Waals surface area (Å²) in [6, 6.07) is -1.02. The number of hydrogen-bond acceptors (Lipinski definition) is 4. The number of imidazole rings is 1. The SMILES string of the molecule is O=C1CC(=O)N([C@@H](Cc2cnc[nH]2)C(=O)O)C1. The Hall–Kier alpha value is -2.18. The molecule has 1 atom stereocenters. The fourth-order valence-corrected chi connectivity index (χ4v) is 1.82. The van der Waals surface area contributed by atoms with Crippen molar-refractivity contribution in [3.63, 3.8) is 0 Å². The molecule has 2 heterocycles. The minimum absolute atomic E-state index is 0.119. The lowest BCUT2D eigenvalue weighted by atomic mass is 10.1. The molecule has 7 nitrogen and oxygen atoms in total. The second-order valence-electron chi connectivity index (χ2n) is 3.87. The lowest BCUT2D eigenvalue weighted by Crippen LogP contribution is -2.43. The van der Waals surface area contributed by atoms with Crippen LogP contribution in [0.1, 0.15) is 12.1 Å². The Morgan fingerprint density at radius 2 is 2.35 bits per heavy atom. The van der Waals surface area contributed by atoms with E-state index in [0.29, 0.717) is 5.69 Å². The zero-order valence-corrected chi connectivity index (χ0v) is 8.92. The van der Waals surface area contributed by atoms with E-state index < -0.39 is 17.9 Å². The number of nitrogens with zero attached hydrogens (tertiary/aromatic N) is 2. The van der Waals surface area contributed by atoms with E-state index in [9.17, 15) is 14.4 Å². The van der Waals surface area contributed by atoms with Crippen LogP contribution in [-0.4, -0.2) is 50.2 Å². The second-order valence-corrected chi connectivity index (χ2v) is 3.87. The number of hydrogen-bond donors (Lipinski definition) is 2. The molecule has 1 saturated heterocycles. The summed E-state index contributed by atoms with van der Waals surface area (Å²) < 4.78 is 0. The van der Waals surface area contributed by atoms with Crippen LogP contribution in [0.25, 0.3) is 0 Å². The Labute approximate surface area is 96.4 Å². The average molecular weight is 237 g/mol. The molecule has 0 aliphatic carbocycles. The minimum atomic E-state index is -1.12. The van der Waals surface area contributed by atoms with Gasteiger partial charge in [-0.15, -0.1) is 0 Å². The fourth-order valence-electron chi connectivity index (χ4n) is 1.82. The number of Topliss-reactive ketones (excluding diaryl/α,β-unsaturated/α-hetero) is 1. The van der Waals surface area contributed by atoms with Gasteiger partial charge in [-0.3, -0.25) is 9.59 Å². The van der Waals surface area contributed by atoms with Gasteiger partial charge in [-0.2, -0.15) is 0 Å². The third kappa shape index (κ3) is 2.32. The number of likely N-dealkylation sites (tertiary alicyclic amines) is 1. The number of aliphatic carboxylic acids is 1. The minimum Gasteiger partial charge on any atom is -0.480 e. The van der Waals surface area contributed by atoms with Crippen LogP contribution < -0.4 is 0 Å². The maximum absolute atomic E-state index is 11.5. The number of ketones is 1. The zero-order chi connectivity index (χ0) is 12.4. The van der Waals surface area contributed by atoms with E-state index in [-0.39, 0.29) is 25.2 Å². The molecule has 0 radical (unpaired) electrons. The van der Waals surface area contributed by atoms with Crippen molar-refractivity contribution in [3.8, 4) is 0 Å². The first-order chi connectivity index (χ1) is 8.08. The molecule has 90 valence electrons. The Bertz CT molecular complexity index is 454. The van der Waals surface area contributed by atoms with Crippen LogP contribution in [-0.2, 0) is 20.8 Å². The lowest BCUT2D eigenvalue weighted by molar-refractivity contribution is -0.148. The van der Waals surface area contributed by atoms with Gasteiger partial charge in [0.2, 0.25) is 5.91 Å². The molecular formula is C10H11N3O4. The number of aromatic nitrogens is 2. The van der Waals surface area contributed by atoms with Crippen molar-refractivity contribution in [3.05, 3.63) is 18.2 Å². The molecule has 17 heavy (non-hydrogen) atoms. The summed E-state index contributed by atoms with van der Waals surface area (Å²) >= 11 is 0. The van der Waals surface area contributed by atoms with E-state index in [1.165, 1.54) is 12.5 Å². The third-order valence-corrected chi connectivity index (χ3v) is 2.64. The monoisotopic (exact) mass is 237 g/mol. The number of amides is 1. The quantitative estimate of drug-likeness (QED) is 0.668. The molecule has 1 amide bonds. The summed E-state index contributed by atoms with van der Waals surface area (Å²) in [6.07, 6.45) is 2.85. The van der Waals surface area contributed by atoms with Crippen molar-refractivity contribution in [2.75, 3.05) is 6.54 Å². The van der Waals surface area contributed by atoms with E-state index in [1.54, 1.807) is 0 Å². The lowest BCUT2D eigenvalue weighted by Gasteiger charge is -2.22. The van der Waals surface area contributed by atoms with Gasteiger partial charge in [0, 0.05) is 18.3 Å². The molecular weight excluding hydrogens is 226 g/mol. The van der Waals surface area contributed by atoms with E-state index >= 15 is 0 Å². The Balaban J connectivity index is 2.15. The molecule has 0 saturated carbocycles. The Kier molecular flexibility index (Phi) is 2.90. The molecule has 2 rings (SSSR count). The van der Waals surface area contributed by atoms with Crippen LogP contribution in [0, 0.1) is 0 Å². The molecule has 1 aromatic rings. The first-order valence-corrected chi connectivity index (χ1v) is 5.09. The van der Waals surface area contributed by atoms with Gasteiger partial charge in [0.15, 0.2) is 5.78 Å². The van der Waals surface area contributed by atoms with Crippen LogP contribution in [0.2, 0.25) is 0 Å². The maximum Gasteiger partial charge on any atom is 0.326 e. The second kappa shape index (κ2) is 4.36. The van der Waals surface area contributed by atoms with Crippen LogP contribution in [0.4, 0.5) is 0 Å². The van der Waals surface area contributed by atoms with Crippen molar-refractivity contribution in [1.82, 2.24) is 14.9 Å². The van der Waals surface area contributed by atoms with Crippen molar-refractivity contribution < 1.29 is 19.5 Å². The summed E-state index contributed by atoms with van der Waals surface area (Å²) in [5.74, 6) is -1.80. The predicted molar refractivity (Wildman–Crippen MR) is 55.1 cm³/mol. The van der Waals surface area contributed by atoms with E-state index in [2.05, 4.69) is 9.97 Å². The summed E-state index contributed by atoms with van der Waals surface area (Å²) in [7, 11) is 0. The molecule has 2 N–H and O–H groups in total. The largest absolute Gasteiger partial charge is 0.480 e. The number of carboxylic acid groups (broad SMARTS) is 1. The topological polar surface area (TPSA) is 103 Å². The number of H-pyrrole nitrogens is 1. The molecule has 0 spiro atoms. The normalized spacial score (nSPS) is 17.5. The number of nitrogens with one attached hydrogen (secondary N) is 1. The summed E-state index contributed by atoms with van der Waals surface area (Å²) in [4.78, 5) is 41.4. The number of carbonyl (C=O) groups is 3. The fraction of sp³-hybridized carbons (Fsp3) is 0.400. The third-order valence-electron chi connectivity index (χ3n) is 2.64. The van der Waals surface area contributed by atoms with Crippen molar-refractivity contribution in [2.45, 2.75) is 18.9 Å². The molecule has 1 fully saturated rings. The first kappa shape index (κ1) is 11.3. The standard InChI is InChI=1S/C10H11N3O4/c14-7-2-9(15)13(4-7)8(10(16)17)1-6-3-11-5-12-6/h3,5,8H,1-2,4H2,(H,11,12)(H,16,17)/t8-/m0/s1. The summed E-state index contributed by atoms with van der Waals surface area (Å²) in [6.45, 7) is -0.121. The molecule has 0 aromatic carbocycles. The van der Waals surface area contributed by atoms with Gasteiger partial charge in [-0.05, 0) is 0 Å². The highest BCUT2D eigenvalue weighted by atomic mass is 16.4. The predicted octanol–water partition coefficient (Wildman–Crippen LogP) is -0.793. The van der Waals surface area contributed by atoms with Crippen LogP contribution in [0.3, 0.4) is 0 Å². The van der Waals surface area contributed by atoms with E-state index in [1.807, 2.05) is 0 Å². The van der Waals surface area contributed by atoms with Gasteiger partial charge in [0.05, 0.1) is 19.3 Å². The molecule has 0 bridgehead atoms. The van der Waals surface area contributed by atoms with Gasteiger partial charge < -0.3 is 15.0 Å². The highest BCUT2D eigenvalue weighted by Gasteiger charge is 2.36. The van der Waals surface area contributed by atoms with Crippen molar-refractivity contribution in [2.24, 2.45) is 0 Å². The summed E-state index contributed by atoms with van der Waals surface area (Å²) in [5, 5.41) is 9.10. The first-order valence-electron chi connectivity index (χ1n) is 5.09. The smallest absolute Gasteiger partial charge is 0.326 e. The molecule has 7 heteroatoms.